The second-order valence-electron chi connectivity index (χ2n) is 2.31. The van der Waals surface area contributed by atoms with E-state index in [-0.39, 0.29) is 24.8 Å². The third kappa shape index (κ3) is 2.76. The van der Waals surface area contributed by atoms with Gasteiger partial charge in [0.25, 0.3) is 0 Å². The van der Waals surface area contributed by atoms with Crippen LogP contribution in [0.3, 0.4) is 0 Å². The van der Waals surface area contributed by atoms with E-state index in [1.54, 1.807) is 12.5 Å². The highest BCUT2D eigenvalue weighted by atomic mass is 35.5. The summed E-state index contributed by atoms with van der Waals surface area (Å²) in [6.07, 6.45) is 5.48. The average Bonchev–Trinajstić information content (AvgIpc) is 2.58. The molecule has 0 aliphatic carbocycles. The molecule has 0 atom stereocenters. The largest absolute Gasteiger partial charge is 0.306 e. The fourth-order valence-corrected chi connectivity index (χ4v) is 1.01. The number of nitrogens with zero attached hydrogens (tertiary/aromatic N) is 2. The third-order valence-corrected chi connectivity index (χ3v) is 1.56. The van der Waals surface area contributed by atoms with Gasteiger partial charge in [0.15, 0.2) is 0 Å². The fraction of sp³-hybridized carbons (Fsp3) is 0. The molecule has 0 amide bonds. The van der Waals surface area contributed by atoms with E-state index in [0.29, 0.717) is 0 Å². The number of para-hydroxylation sites is 1. The predicted octanol–water partition coefficient (Wildman–Crippen LogP) is 2.72. The highest BCUT2D eigenvalue weighted by Gasteiger charge is 1.89. The lowest BCUT2D eigenvalue weighted by Crippen LogP contribution is -1.87. The summed E-state index contributed by atoms with van der Waals surface area (Å²) >= 11 is 0. The summed E-state index contributed by atoms with van der Waals surface area (Å²) < 4.78 is 1.97. The van der Waals surface area contributed by atoms with Crippen LogP contribution in [0.2, 0.25) is 0 Å². The zero-order valence-electron chi connectivity index (χ0n) is 6.83. The maximum absolute atomic E-state index is 3.96. The summed E-state index contributed by atoms with van der Waals surface area (Å²) in [5.74, 6) is 0. The van der Waals surface area contributed by atoms with Crippen molar-refractivity contribution in [2.45, 2.75) is 0 Å². The number of hydrogen-bond acceptors (Lipinski definition) is 1. The van der Waals surface area contributed by atoms with Gasteiger partial charge >= 0.3 is 0 Å². The molecule has 0 saturated heterocycles. The molecule has 0 unspecified atom stereocenters. The minimum Gasteiger partial charge on any atom is -0.306 e. The van der Waals surface area contributed by atoms with Crippen molar-refractivity contribution >= 4 is 24.8 Å². The van der Waals surface area contributed by atoms with Gasteiger partial charge in [0.05, 0.1) is 6.33 Å². The topological polar surface area (TPSA) is 17.8 Å². The monoisotopic (exact) mass is 216 g/mol. The van der Waals surface area contributed by atoms with Crippen molar-refractivity contribution in [1.82, 2.24) is 9.55 Å². The Morgan fingerprint density at radius 1 is 1.00 bits per heavy atom. The van der Waals surface area contributed by atoms with Gasteiger partial charge in [0.1, 0.15) is 0 Å². The Labute approximate surface area is 89.4 Å². The first-order valence-corrected chi connectivity index (χ1v) is 3.50. The molecule has 0 aliphatic rings. The first-order chi connectivity index (χ1) is 5.47. The highest BCUT2D eigenvalue weighted by molar-refractivity contribution is 5.85. The van der Waals surface area contributed by atoms with Gasteiger partial charge in [-0.25, -0.2) is 4.98 Å². The van der Waals surface area contributed by atoms with Crippen molar-refractivity contribution < 1.29 is 0 Å². The highest BCUT2D eigenvalue weighted by Crippen LogP contribution is 2.04. The Kier molecular flexibility index (Phi) is 5.19. The van der Waals surface area contributed by atoms with Crippen LogP contribution in [-0.2, 0) is 0 Å². The lowest BCUT2D eigenvalue weighted by Gasteiger charge is -1.98. The van der Waals surface area contributed by atoms with Crippen LogP contribution in [0.15, 0.2) is 49.1 Å². The molecule has 0 bridgehead atoms. The van der Waals surface area contributed by atoms with Gasteiger partial charge in [-0.05, 0) is 12.1 Å². The van der Waals surface area contributed by atoms with Crippen LogP contribution in [0.4, 0.5) is 0 Å². The molecular weight excluding hydrogens is 207 g/mol. The zero-order valence-corrected chi connectivity index (χ0v) is 8.46. The van der Waals surface area contributed by atoms with Gasteiger partial charge in [-0.15, -0.1) is 24.8 Å². The Balaban J connectivity index is 0.000000720. The summed E-state index contributed by atoms with van der Waals surface area (Å²) in [4.78, 5) is 3.96. The SMILES string of the molecule is Cl.Cl.c1ccc(-n2ccnc2)cc1. The molecule has 0 spiro atoms. The average molecular weight is 217 g/mol. The van der Waals surface area contributed by atoms with Gasteiger partial charge in [0.2, 0.25) is 0 Å². The standard InChI is InChI=1S/C9H8N2.2ClH/c1-2-4-9(5-3-1)11-7-6-10-8-11;;/h1-8H;2*1H. The molecule has 0 saturated carbocycles. The Morgan fingerprint density at radius 3 is 2.23 bits per heavy atom. The molecule has 1 heterocycles. The van der Waals surface area contributed by atoms with Crippen LogP contribution in [-0.4, -0.2) is 9.55 Å². The van der Waals surface area contributed by atoms with Gasteiger partial charge in [-0.1, -0.05) is 18.2 Å². The van der Waals surface area contributed by atoms with E-state index < -0.39 is 0 Å². The summed E-state index contributed by atoms with van der Waals surface area (Å²) in [6.45, 7) is 0. The molecule has 2 rings (SSSR count). The molecule has 0 fully saturated rings. The molecule has 13 heavy (non-hydrogen) atoms. The molecular formula is C9H10Cl2N2. The fourth-order valence-electron chi connectivity index (χ4n) is 1.01. The van der Waals surface area contributed by atoms with E-state index in [0.717, 1.165) is 5.69 Å². The van der Waals surface area contributed by atoms with Crippen LogP contribution in [0.25, 0.3) is 5.69 Å². The van der Waals surface area contributed by atoms with E-state index in [2.05, 4.69) is 4.98 Å². The molecule has 4 heteroatoms. The lowest BCUT2D eigenvalue weighted by atomic mass is 10.3. The molecule has 1 aromatic carbocycles. The van der Waals surface area contributed by atoms with Gasteiger partial charge < -0.3 is 4.57 Å². The normalized spacial score (nSPS) is 8.31. The summed E-state index contributed by atoms with van der Waals surface area (Å²) in [5, 5.41) is 0. The van der Waals surface area contributed by atoms with Gasteiger partial charge in [-0.2, -0.15) is 0 Å². The molecule has 0 aliphatic heterocycles. The minimum absolute atomic E-state index is 0. The van der Waals surface area contributed by atoms with Crippen LogP contribution in [0.5, 0.6) is 0 Å². The maximum atomic E-state index is 3.96. The van der Waals surface area contributed by atoms with E-state index in [4.69, 9.17) is 0 Å². The smallest absolute Gasteiger partial charge is 0.0991 e. The van der Waals surface area contributed by atoms with Crippen LogP contribution in [0, 0.1) is 0 Å². The molecule has 2 aromatic rings. The van der Waals surface area contributed by atoms with Crippen LogP contribution in [0.1, 0.15) is 0 Å². The van der Waals surface area contributed by atoms with Crippen molar-refractivity contribution in [2.75, 3.05) is 0 Å². The summed E-state index contributed by atoms with van der Waals surface area (Å²) in [7, 11) is 0. The van der Waals surface area contributed by atoms with E-state index in [1.807, 2.05) is 41.1 Å². The molecule has 0 N–H and O–H groups in total. The van der Waals surface area contributed by atoms with Crippen LogP contribution < -0.4 is 0 Å². The number of rotatable bonds is 1. The number of imidazole rings is 1. The van der Waals surface area contributed by atoms with E-state index in [9.17, 15) is 0 Å². The molecule has 2 nitrogen and oxygen atoms in total. The zero-order chi connectivity index (χ0) is 7.52. The van der Waals surface area contributed by atoms with Gasteiger partial charge in [0, 0.05) is 18.1 Å². The van der Waals surface area contributed by atoms with Crippen LogP contribution >= 0.6 is 24.8 Å². The minimum atomic E-state index is 0. The Bertz CT molecular complexity index is 319. The van der Waals surface area contributed by atoms with Crippen molar-refractivity contribution in [3.63, 3.8) is 0 Å². The lowest BCUT2D eigenvalue weighted by molar-refractivity contribution is 1.06. The second kappa shape index (κ2) is 5.62. The number of halogens is 2. The third-order valence-electron chi connectivity index (χ3n) is 1.56. The second-order valence-corrected chi connectivity index (χ2v) is 2.31. The first kappa shape index (κ1) is 12.0. The van der Waals surface area contributed by atoms with E-state index in [1.165, 1.54) is 0 Å². The van der Waals surface area contributed by atoms with Crippen molar-refractivity contribution in [2.24, 2.45) is 0 Å². The van der Waals surface area contributed by atoms with Gasteiger partial charge in [-0.3, -0.25) is 0 Å². The summed E-state index contributed by atoms with van der Waals surface area (Å²) in [5.41, 5.74) is 1.14. The van der Waals surface area contributed by atoms with Crippen molar-refractivity contribution in [3.05, 3.63) is 49.1 Å². The van der Waals surface area contributed by atoms with E-state index >= 15 is 0 Å². The van der Waals surface area contributed by atoms with Crippen molar-refractivity contribution in [1.29, 1.82) is 0 Å². The number of benzene rings is 1. The Hall–Kier alpha value is -0.990. The molecule has 0 radical (unpaired) electrons. The molecule has 1 aromatic heterocycles. The van der Waals surface area contributed by atoms with Crippen molar-refractivity contribution in [3.8, 4) is 5.69 Å². The first-order valence-electron chi connectivity index (χ1n) is 3.50. The quantitative estimate of drug-likeness (QED) is 0.718. The maximum Gasteiger partial charge on any atom is 0.0991 e. The summed E-state index contributed by atoms with van der Waals surface area (Å²) in [6, 6.07) is 10.1. The predicted molar refractivity (Wildman–Crippen MR) is 58.1 cm³/mol. The number of hydrogen-bond donors (Lipinski definition) is 0. The molecule has 70 valence electrons. The Morgan fingerprint density at radius 2 is 1.69 bits per heavy atom. The number of aromatic nitrogens is 2.